The van der Waals surface area contributed by atoms with Gasteiger partial charge in [-0.25, -0.2) is 0 Å². The number of likely N-dealkylation sites (tertiary alicyclic amines) is 1. The van der Waals surface area contributed by atoms with Crippen LogP contribution in [-0.4, -0.2) is 77.8 Å². The second-order valence-corrected chi connectivity index (χ2v) is 8.71. The predicted molar refractivity (Wildman–Crippen MR) is 159 cm³/mol. The van der Waals surface area contributed by atoms with Crippen LogP contribution in [0.3, 0.4) is 0 Å². The highest BCUT2D eigenvalue weighted by Crippen LogP contribution is 2.21. The lowest BCUT2D eigenvalue weighted by Crippen LogP contribution is -2.36. The van der Waals surface area contributed by atoms with E-state index in [0.717, 1.165) is 32.1 Å². The third-order valence-electron chi connectivity index (χ3n) is 5.90. The summed E-state index contributed by atoms with van der Waals surface area (Å²) in [4.78, 5) is 44.9. The molecule has 40 heavy (non-hydrogen) atoms. The van der Waals surface area contributed by atoms with Crippen LogP contribution in [0.2, 0.25) is 0 Å². The molecule has 2 amide bonds. The van der Waals surface area contributed by atoms with E-state index < -0.39 is 5.91 Å². The lowest BCUT2D eigenvalue weighted by molar-refractivity contribution is -0.117. The van der Waals surface area contributed by atoms with Gasteiger partial charge in [-0.2, -0.15) is 0 Å². The Kier molecular flexibility index (Phi) is 14.0. The summed E-state index contributed by atoms with van der Waals surface area (Å²) in [6.45, 7) is 8.89. The van der Waals surface area contributed by atoms with Crippen molar-refractivity contribution in [1.29, 1.82) is 0 Å². The molecule has 12 nitrogen and oxygen atoms in total. The zero-order valence-corrected chi connectivity index (χ0v) is 23.8. The van der Waals surface area contributed by atoms with Crippen LogP contribution in [0.4, 0.5) is 11.4 Å². The molecule has 216 valence electrons. The number of nitrogens with zero attached hydrogens (tertiary/aromatic N) is 5. The van der Waals surface area contributed by atoms with Gasteiger partial charge in [-0.1, -0.05) is 20.3 Å². The Morgan fingerprint density at radius 1 is 1.02 bits per heavy atom. The molecule has 1 saturated heterocycles. The normalized spacial score (nSPS) is 14.4. The van der Waals surface area contributed by atoms with Crippen molar-refractivity contribution in [3.05, 3.63) is 54.1 Å². The molecule has 0 unspecified atom stereocenters. The average Bonchev–Trinajstić information content (AvgIpc) is 2.97. The second kappa shape index (κ2) is 17.4. The fourth-order valence-corrected chi connectivity index (χ4v) is 3.83. The topological polar surface area (TPSA) is 174 Å². The van der Waals surface area contributed by atoms with E-state index in [1.165, 1.54) is 25.0 Å². The van der Waals surface area contributed by atoms with Crippen LogP contribution >= 0.6 is 0 Å². The van der Waals surface area contributed by atoms with Crippen molar-refractivity contribution < 1.29 is 14.3 Å². The SMILES string of the molecule is CC.COCCN=C/C(=C\N)c1cnc(/C(=C\N)C(=O)Nc2cc(NC(=O)CN3CCCCC3)cnc2C)cn1. The predicted octanol–water partition coefficient (Wildman–Crippen LogP) is 2.59. The van der Waals surface area contributed by atoms with Crippen molar-refractivity contribution in [3.8, 4) is 0 Å². The van der Waals surface area contributed by atoms with Crippen LogP contribution in [0.1, 0.15) is 50.2 Å². The maximum absolute atomic E-state index is 13.1. The molecule has 0 aromatic carbocycles. The van der Waals surface area contributed by atoms with Gasteiger partial charge in [0.05, 0.1) is 72.3 Å². The van der Waals surface area contributed by atoms with Crippen LogP contribution in [0.5, 0.6) is 0 Å². The molecule has 0 spiro atoms. The van der Waals surface area contributed by atoms with E-state index in [4.69, 9.17) is 16.2 Å². The van der Waals surface area contributed by atoms with E-state index in [9.17, 15) is 9.59 Å². The summed E-state index contributed by atoms with van der Waals surface area (Å²) in [5, 5.41) is 5.66. The highest BCUT2D eigenvalue weighted by molar-refractivity contribution is 6.24. The van der Waals surface area contributed by atoms with Gasteiger partial charge in [0.2, 0.25) is 5.91 Å². The third kappa shape index (κ3) is 9.86. The summed E-state index contributed by atoms with van der Waals surface area (Å²) in [6, 6.07) is 1.67. The lowest BCUT2D eigenvalue weighted by Gasteiger charge is -2.25. The number of nitrogens with one attached hydrogen (secondary N) is 2. The highest BCUT2D eigenvalue weighted by atomic mass is 16.5. The fourth-order valence-electron chi connectivity index (χ4n) is 3.83. The van der Waals surface area contributed by atoms with E-state index in [0.29, 0.717) is 48.0 Å². The maximum atomic E-state index is 13.1. The summed E-state index contributed by atoms with van der Waals surface area (Å²) in [6.07, 6.45) is 12.0. The van der Waals surface area contributed by atoms with Crippen molar-refractivity contribution in [2.75, 3.05) is 50.5 Å². The van der Waals surface area contributed by atoms with Crippen molar-refractivity contribution in [3.63, 3.8) is 0 Å². The van der Waals surface area contributed by atoms with E-state index in [-0.39, 0.29) is 17.2 Å². The molecule has 6 N–H and O–H groups in total. The Bertz CT molecular complexity index is 1190. The van der Waals surface area contributed by atoms with E-state index in [1.54, 1.807) is 32.5 Å². The number of allylic oxidation sites excluding steroid dienone is 1. The molecular formula is C28H41N9O3. The molecule has 0 radical (unpaired) electrons. The summed E-state index contributed by atoms with van der Waals surface area (Å²) >= 11 is 0. The first kappa shape index (κ1) is 32.1. The number of carbonyl (C=O) groups excluding carboxylic acids is 2. The van der Waals surface area contributed by atoms with Gasteiger partial charge in [0.25, 0.3) is 5.91 Å². The molecule has 0 atom stereocenters. The number of rotatable bonds is 11. The molecule has 1 aliphatic rings. The van der Waals surface area contributed by atoms with Crippen molar-refractivity contribution >= 4 is 40.5 Å². The Labute approximate surface area is 236 Å². The highest BCUT2D eigenvalue weighted by Gasteiger charge is 2.17. The number of piperidine rings is 1. The number of carbonyl (C=O) groups is 2. The molecule has 2 aromatic rings. The Hall–Kier alpha value is -4.16. The van der Waals surface area contributed by atoms with Crippen LogP contribution in [0.25, 0.3) is 11.1 Å². The van der Waals surface area contributed by atoms with Gasteiger partial charge in [0.15, 0.2) is 0 Å². The van der Waals surface area contributed by atoms with Crippen LogP contribution in [-0.2, 0) is 14.3 Å². The number of aromatic nitrogens is 3. The van der Waals surface area contributed by atoms with E-state index in [1.807, 2.05) is 13.8 Å². The number of ether oxygens (including phenoxy) is 1. The second-order valence-electron chi connectivity index (χ2n) is 8.71. The largest absolute Gasteiger partial charge is 0.404 e. The monoisotopic (exact) mass is 551 g/mol. The standard InChI is InChI=1S/C26H35N9O3.C2H6/c1-18-22(10-20(14-30-18)33-25(36)17-35-7-4-3-5-8-35)34-26(37)21(12-28)24-16-31-23(15-32-24)19(11-27)13-29-6-9-38-2;1-2/h10-16H,3-9,17,27-28H2,1-2H3,(H,33,36)(H,34,37);1-2H3/b19-11+,21-12+,29-13?;. The molecule has 12 heteroatoms. The summed E-state index contributed by atoms with van der Waals surface area (Å²) in [5.74, 6) is -0.616. The molecule has 0 bridgehead atoms. The van der Waals surface area contributed by atoms with Gasteiger partial charge in [-0.15, -0.1) is 0 Å². The van der Waals surface area contributed by atoms with Crippen LogP contribution in [0, 0.1) is 6.92 Å². The Balaban J connectivity index is 0.00000274. The number of nitrogens with two attached hydrogens (primary N) is 2. The molecule has 3 heterocycles. The number of aliphatic imine (C=N–C) groups is 1. The zero-order chi connectivity index (χ0) is 29.3. The van der Waals surface area contributed by atoms with Crippen molar-refractivity contribution in [2.24, 2.45) is 16.5 Å². The number of amides is 2. The number of methoxy groups -OCH3 is 1. The first-order valence-electron chi connectivity index (χ1n) is 13.4. The average molecular weight is 552 g/mol. The summed E-state index contributed by atoms with van der Waals surface area (Å²) < 4.78 is 4.97. The van der Waals surface area contributed by atoms with E-state index >= 15 is 0 Å². The number of hydrogen-bond acceptors (Lipinski definition) is 10. The summed E-state index contributed by atoms with van der Waals surface area (Å²) in [5.41, 5.74) is 14.4. The van der Waals surface area contributed by atoms with Crippen LogP contribution < -0.4 is 22.1 Å². The molecule has 1 fully saturated rings. The van der Waals surface area contributed by atoms with Gasteiger partial charge >= 0.3 is 0 Å². The number of pyridine rings is 1. The Morgan fingerprint density at radius 3 is 2.35 bits per heavy atom. The minimum Gasteiger partial charge on any atom is -0.404 e. The first-order valence-corrected chi connectivity index (χ1v) is 13.4. The number of aryl methyl sites for hydroxylation is 1. The van der Waals surface area contributed by atoms with Gasteiger partial charge in [0.1, 0.15) is 0 Å². The molecule has 0 saturated carbocycles. The molecule has 0 aliphatic carbocycles. The fraction of sp³-hybridized carbons (Fsp3) is 0.429. The minimum absolute atomic E-state index is 0.120. The number of anilines is 2. The Morgan fingerprint density at radius 2 is 1.73 bits per heavy atom. The van der Waals surface area contributed by atoms with Gasteiger partial charge in [-0.05, 0) is 38.9 Å². The third-order valence-corrected chi connectivity index (χ3v) is 5.90. The minimum atomic E-state index is -0.494. The molecular weight excluding hydrogens is 510 g/mol. The van der Waals surface area contributed by atoms with Gasteiger partial charge in [-0.3, -0.25) is 34.4 Å². The summed E-state index contributed by atoms with van der Waals surface area (Å²) in [7, 11) is 1.60. The maximum Gasteiger partial charge on any atom is 0.259 e. The molecule has 3 rings (SSSR count). The number of hydrogen-bond donors (Lipinski definition) is 4. The smallest absolute Gasteiger partial charge is 0.259 e. The lowest BCUT2D eigenvalue weighted by atomic mass is 10.1. The van der Waals surface area contributed by atoms with Crippen LogP contribution in [0.15, 0.2) is 42.0 Å². The van der Waals surface area contributed by atoms with Crippen molar-refractivity contribution in [2.45, 2.75) is 40.0 Å². The van der Waals surface area contributed by atoms with Gasteiger partial charge < -0.3 is 26.8 Å². The zero-order valence-electron chi connectivity index (χ0n) is 23.8. The molecule has 2 aromatic heterocycles. The van der Waals surface area contributed by atoms with E-state index in [2.05, 4.69) is 35.5 Å². The molecule has 1 aliphatic heterocycles. The van der Waals surface area contributed by atoms with Gasteiger partial charge in [0, 0.05) is 31.3 Å². The quantitative estimate of drug-likeness (QED) is 0.186. The van der Waals surface area contributed by atoms with Crippen molar-refractivity contribution in [1.82, 2.24) is 19.9 Å². The first-order chi connectivity index (χ1) is 19.4.